The highest BCUT2D eigenvalue weighted by Crippen LogP contribution is 2.38. The van der Waals surface area contributed by atoms with Crippen molar-refractivity contribution < 1.29 is 14.3 Å². The third-order valence-electron chi connectivity index (χ3n) is 4.80. The lowest BCUT2D eigenvalue weighted by Gasteiger charge is -2.26. The maximum Gasteiger partial charge on any atom is 0.233 e. The van der Waals surface area contributed by atoms with E-state index >= 15 is 0 Å². The molecule has 0 bridgehead atoms. The summed E-state index contributed by atoms with van der Waals surface area (Å²) >= 11 is 1.39. The minimum Gasteiger partial charge on any atom is -0.486 e. The van der Waals surface area contributed by atoms with E-state index in [2.05, 4.69) is 15.5 Å². The van der Waals surface area contributed by atoms with Crippen molar-refractivity contribution in [2.24, 2.45) is 0 Å². The van der Waals surface area contributed by atoms with E-state index in [0.29, 0.717) is 24.1 Å². The summed E-state index contributed by atoms with van der Waals surface area (Å²) in [5.74, 6) is 1.98. The Labute approximate surface area is 162 Å². The minimum atomic E-state index is 0.0787. The predicted octanol–water partition coefficient (Wildman–Crippen LogP) is 2.48. The van der Waals surface area contributed by atoms with Gasteiger partial charge in [0.1, 0.15) is 13.2 Å². The number of hydrogen-bond donors (Lipinski definition) is 0. The number of benzene rings is 1. The zero-order chi connectivity index (χ0) is 18.8. The molecule has 1 aromatic carbocycles. The Morgan fingerprint density at radius 3 is 2.93 bits per heavy atom. The largest absolute Gasteiger partial charge is 0.486 e. The smallest absolute Gasteiger partial charge is 0.233 e. The number of carbonyl (C=O) groups excluding carboxylic acids is 1. The number of rotatable bonds is 5. The van der Waals surface area contributed by atoms with Crippen molar-refractivity contribution in [3.63, 3.8) is 0 Å². The normalized spacial score (nSPS) is 18.9. The van der Waals surface area contributed by atoms with Gasteiger partial charge in [0.25, 0.3) is 0 Å². The quantitative estimate of drug-likeness (QED) is 0.727. The maximum atomic E-state index is 12.9. The summed E-state index contributed by atoms with van der Waals surface area (Å²) in [7, 11) is 0. The van der Waals surface area contributed by atoms with Crippen LogP contribution in [-0.2, 0) is 4.79 Å². The van der Waals surface area contributed by atoms with Crippen LogP contribution < -0.4 is 9.47 Å². The van der Waals surface area contributed by atoms with Crippen molar-refractivity contribution in [1.29, 1.82) is 0 Å². The molecule has 27 heavy (non-hydrogen) atoms. The molecule has 0 saturated carbocycles. The minimum absolute atomic E-state index is 0.0787. The second kappa shape index (κ2) is 7.75. The highest BCUT2D eigenvalue weighted by atomic mass is 32.2. The van der Waals surface area contributed by atoms with Crippen LogP contribution in [0, 0.1) is 0 Å². The average molecular weight is 389 g/mol. The predicted molar refractivity (Wildman–Crippen MR) is 100 cm³/mol. The number of aromatic nitrogens is 4. The van der Waals surface area contributed by atoms with E-state index in [0.717, 1.165) is 36.4 Å². The first-order valence-electron chi connectivity index (χ1n) is 9.23. The second-order valence-electron chi connectivity index (χ2n) is 6.94. The van der Waals surface area contributed by atoms with E-state index in [1.54, 1.807) is 4.68 Å². The molecule has 8 nitrogen and oxygen atoms in total. The third kappa shape index (κ3) is 3.73. The monoisotopic (exact) mass is 389 g/mol. The molecule has 1 saturated heterocycles. The third-order valence-corrected chi connectivity index (χ3v) is 5.72. The molecule has 0 radical (unpaired) electrons. The summed E-state index contributed by atoms with van der Waals surface area (Å²) in [6.07, 6.45) is 1.96. The lowest BCUT2D eigenvalue weighted by molar-refractivity contribution is -0.129. The molecule has 1 fully saturated rings. The van der Waals surface area contributed by atoms with Gasteiger partial charge in [0, 0.05) is 6.54 Å². The van der Waals surface area contributed by atoms with Crippen LogP contribution in [0.1, 0.15) is 44.3 Å². The number of tetrazole rings is 1. The van der Waals surface area contributed by atoms with Crippen LogP contribution in [0.15, 0.2) is 23.4 Å². The molecule has 144 valence electrons. The number of likely N-dealkylation sites (tertiary alicyclic amines) is 1. The van der Waals surface area contributed by atoms with Crippen molar-refractivity contribution >= 4 is 17.7 Å². The van der Waals surface area contributed by atoms with E-state index in [4.69, 9.17) is 9.47 Å². The first-order valence-corrected chi connectivity index (χ1v) is 10.2. The van der Waals surface area contributed by atoms with E-state index < -0.39 is 0 Å². The van der Waals surface area contributed by atoms with E-state index in [1.165, 1.54) is 11.8 Å². The topological polar surface area (TPSA) is 82.4 Å². The number of amides is 1. The zero-order valence-corrected chi connectivity index (χ0v) is 16.3. The average Bonchev–Trinajstić information content (AvgIpc) is 3.35. The van der Waals surface area contributed by atoms with Gasteiger partial charge in [0.05, 0.1) is 17.8 Å². The molecule has 0 spiro atoms. The van der Waals surface area contributed by atoms with Gasteiger partial charge in [-0.2, -0.15) is 0 Å². The molecule has 2 aliphatic rings. The van der Waals surface area contributed by atoms with E-state index in [9.17, 15) is 4.79 Å². The number of thioether (sulfide) groups is 1. The van der Waals surface area contributed by atoms with Crippen molar-refractivity contribution in [1.82, 2.24) is 25.1 Å². The van der Waals surface area contributed by atoms with Crippen molar-refractivity contribution in [3.05, 3.63) is 23.8 Å². The molecule has 3 heterocycles. The summed E-state index contributed by atoms with van der Waals surface area (Å²) in [5, 5.41) is 12.4. The van der Waals surface area contributed by atoms with Crippen LogP contribution in [0.3, 0.4) is 0 Å². The molecule has 4 rings (SSSR count). The fraction of sp³-hybridized carbons (Fsp3) is 0.556. The number of hydrogen-bond acceptors (Lipinski definition) is 7. The van der Waals surface area contributed by atoms with Gasteiger partial charge >= 0.3 is 0 Å². The molecule has 0 aliphatic carbocycles. The van der Waals surface area contributed by atoms with Crippen LogP contribution in [0.5, 0.6) is 11.5 Å². The Morgan fingerprint density at radius 2 is 2.11 bits per heavy atom. The van der Waals surface area contributed by atoms with Gasteiger partial charge in [-0.3, -0.25) is 4.79 Å². The highest BCUT2D eigenvalue weighted by molar-refractivity contribution is 7.99. The zero-order valence-electron chi connectivity index (χ0n) is 15.5. The Morgan fingerprint density at radius 1 is 1.30 bits per heavy atom. The van der Waals surface area contributed by atoms with E-state index in [-0.39, 0.29) is 18.0 Å². The lowest BCUT2D eigenvalue weighted by atomic mass is 10.0. The summed E-state index contributed by atoms with van der Waals surface area (Å²) in [6, 6.07) is 6.23. The maximum absolute atomic E-state index is 12.9. The standard InChI is InChI=1S/C18H23N5O3S/c1-12(2)23-18(19-20-21-23)27-11-17(24)22-7-3-4-14(22)13-5-6-15-16(10-13)26-9-8-25-15/h5-6,10,12,14H,3-4,7-9,11H2,1-2H3/t14-/m1/s1. The fourth-order valence-corrected chi connectivity index (χ4v) is 4.39. The van der Waals surface area contributed by atoms with Crippen molar-refractivity contribution in [2.45, 2.75) is 43.9 Å². The summed E-state index contributed by atoms with van der Waals surface area (Å²) in [5.41, 5.74) is 1.10. The van der Waals surface area contributed by atoms with Gasteiger partial charge in [-0.25, -0.2) is 4.68 Å². The Balaban J connectivity index is 1.45. The van der Waals surface area contributed by atoms with Gasteiger partial charge < -0.3 is 14.4 Å². The van der Waals surface area contributed by atoms with Crippen LogP contribution in [-0.4, -0.2) is 56.5 Å². The summed E-state index contributed by atoms with van der Waals surface area (Å²) in [6.45, 7) is 5.94. The molecule has 2 aliphatic heterocycles. The van der Waals surface area contributed by atoms with Crippen molar-refractivity contribution in [3.8, 4) is 11.5 Å². The molecule has 9 heteroatoms. The lowest BCUT2D eigenvalue weighted by Crippen LogP contribution is -2.32. The van der Waals surface area contributed by atoms with Gasteiger partial charge in [0.2, 0.25) is 11.1 Å². The Kier molecular flexibility index (Phi) is 5.20. The number of nitrogens with zero attached hydrogens (tertiary/aromatic N) is 5. The highest BCUT2D eigenvalue weighted by Gasteiger charge is 2.31. The van der Waals surface area contributed by atoms with Crippen LogP contribution in [0.4, 0.5) is 0 Å². The molecule has 1 aromatic heterocycles. The molecular weight excluding hydrogens is 366 g/mol. The number of carbonyl (C=O) groups is 1. The first-order chi connectivity index (χ1) is 13.1. The fourth-order valence-electron chi connectivity index (χ4n) is 3.49. The second-order valence-corrected chi connectivity index (χ2v) is 7.88. The van der Waals surface area contributed by atoms with Gasteiger partial charge in [-0.05, 0) is 54.8 Å². The Hall–Kier alpha value is -2.29. The molecule has 0 unspecified atom stereocenters. The molecule has 0 N–H and O–H groups in total. The Bertz CT molecular complexity index is 825. The van der Waals surface area contributed by atoms with Gasteiger partial charge in [0.15, 0.2) is 11.5 Å². The summed E-state index contributed by atoms with van der Waals surface area (Å²) in [4.78, 5) is 14.8. The van der Waals surface area contributed by atoms with Crippen LogP contribution >= 0.6 is 11.8 Å². The van der Waals surface area contributed by atoms with Gasteiger partial charge in [-0.15, -0.1) is 5.10 Å². The van der Waals surface area contributed by atoms with Crippen LogP contribution in [0.2, 0.25) is 0 Å². The SMILES string of the molecule is CC(C)n1nnnc1SCC(=O)N1CCC[C@@H]1c1ccc2c(c1)OCCO2. The molecule has 2 aromatic rings. The van der Waals surface area contributed by atoms with E-state index in [1.807, 2.05) is 36.9 Å². The molecule has 1 atom stereocenters. The number of fused-ring (bicyclic) bond motifs is 1. The summed E-state index contributed by atoms with van der Waals surface area (Å²) < 4.78 is 13.0. The molecular formula is C18H23N5O3S. The van der Waals surface area contributed by atoms with Crippen LogP contribution in [0.25, 0.3) is 0 Å². The number of ether oxygens (including phenoxy) is 2. The van der Waals surface area contributed by atoms with Crippen molar-refractivity contribution in [2.75, 3.05) is 25.5 Å². The van der Waals surface area contributed by atoms with Gasteiger partial charge in [-0.1, -0.05) is 17.8 Å². The molecule has 1 amide bonds. The first kappa shape index (κ1) is 18.1.